The van der Waals surface area contributed by atoms with E-state index in [-0.39, 0.29) is 17.1 Å². The zero-order valence-corrected chi connectivity index (χ0v) is 10.1. The Kier molecular flexibility index (Phi) is 7.00. The third-order valence-corrected chi connectivity index (χ3v) is 2.70. The van der Waals surface area contributed by atoms with Crippen LogP contribution in [0.15, 0.2) is 0 Å². The molecule has 0 aromatic carbocycles. The van der Waals surface area contributed by atoms with Gasteiger partial charge in [0.05, 0.1) is 0 Å². The number of nitrogens with zero attached hydrogens (tertiary/aromatic N) is 3. The summed E-state index contributed by atoms with van der Waals surface area (Å²) in [4.78, 5) is 0. The minimum Gasteiger partial charge on any atom is -0.231 e. The molecule has 1 saturated heterocycles. The van der Waals surface area contributed by atoms with Gasteiger partial charge in [-0.25, -0.2) is 10.0 Å². The molecule has 1 fully saturated rings. The van der Waals surface area contributed by atoms with Crippen molar-refractivity contribution in [2.45, 2.75) is 25.7 Å². The Morgan fingerprint density at radius 3 is 1.46 bits per heavy atom. The summed E-state index contributed by atoms with van der Waals surface area (Å²) in [5.74, 6) is 0. The molecule has 0 aliphatic carbocycles. The van der Waals surface area contributed by atoms with E-state index in [1.54, 1.807) is 0 Å². The molecule has 1 aliphatic rings. The van der Waals surface area contributed by atoms with Crippen LogP contribution in [0.2, 0.25) is 0 Å². The van der Waals surface area contributed by atoms with Crippen LogP contribution in [-0.4, -0.2) is 49.4 Å². The minimum absolute atomic E-state index is 0. The first-order valence-electron chi connectivity index (χ1n) is 4.87. The van der Waals surface area contributed by atoms with Gasteiger partial charge < -0.3 is 0 Å². The quantitative estimate of drug-likeness (QED) is 0.574. The van der Waals surface area contributed by atoms with E-state index in [1.165, 1.54) is 38.8 Å². The second-order valence-electron chi connectivity index (χ2n) is 3.67. The Bertz CT molecular complexity index is 118. The van der Waals surface area contributed by atoms with E-state index in [0.29, 0.717) is 0 Å². The van der Waals surface area contributed by atoms with Crippen LogP contribution in [0.3, 0.4) is 0 Å². The number of hydrazine groups is 2. The molecule has 1 rings (SSSR count). The van der Waals surface area contributed by atoms with Crippen molar-refractivity contribution in [3.63, 3.8) is 0 Å². The molecule has 0 aromatic rings. The van der Waals surface area contributed by atoms with Crippen LogP contribution in [0.1, 0.15) is 25.7 Å². The number of hydrogen-bond donors (Lipinski definition) is 0. The SMILES string of the molecule is CN1CCCCCCN(C)N1C.[Mn]. The van der Waals surface area contributed by atoms with Gasteiger partial charge in [0.2, 0.25) is 0 Å². The minimum atomic E-state index is 0. The summed E-state index contributed by atoms with van der Waals surface area (Å²) in [7, 11) is 6.44. The average Bonchev–Trinajstić information content (AvgIpc) is 2.12. The van der Waals surface area contributed by atoms with Crippen molar-refractivity contribution in [1.82, 2.24) is 15.1 Å². The molecule has 1 heterocycles. The van der Waals surface area contributed by atoms with Gasteiger partial charge in [-0.15, -0.1) is 0 Å². The summed E-state index contributed by atoms with van der Waals surface area (Å²) in [6, 6.07) is 0. The van der Waals surface area contributed by atoms with Gasteiger partial charge in [0.1, 0.15) is 0 Å². The van der Waals surface area contributed by atoms with E-state index in [1.807, 2.05) is 0 Å². The second kappa shape index (κ2) is 6.79. The van der Waals surface area contributed by atoms with Crippen molar-refractivity contribution in [2.24, 2.45) is 0 Å². The molecule has 0 N–H and O–H groups in total. The summed E-state index contributed by atoms with van der Waals surface area (Å²) in [6.07, 6.45) is 5.42. The van der Waals surface area contributed by atoms with Gasteiger partial charge in [-0.3, -0.25) is 0 Å². The maximum Gasteiger partial charge on any atom is 0.0179 e. The number of hydrogen-bond acceptors (Lipinski definition) is 3. The van der Waals surface area contributed by atoms with Crippen molar-refractivity contribution < 1.29 is 17.1 Å². The predicted octanol–water partition coefficient (Wildman–Crippen LogP) is 1.18. The molecule has 4 heteroatoms. The summed E-state index contributed by atoms with van der Waals surface area (Å²) in [6.45, 7) is 2.36. The van der Waals surface area contributed by atoms with Crippen LogP contribution in [0.25, 0.3) is 0 Å². The van der Waals surface area contributed by atoms with Crippen LogP contribution in [-0.2, 0) is 17.1 Å². The van der Waals surface area contributed by atoms with E-state index >= 15 is 0 Å². The molecular formula is C9H21MnN3. The summed E-state index contributed by atoms with van der Waals surface area (Å²) in [5.41, 5.74) is 0. The van der Waals surface area contributed by atoms with E-state index < -0.39 is 0 Å². The molecule has 0 unspecified atom stereocenters. The largest absolute Gasteiger partial charge is 0.231 e. The Hall–Kier alpha value is 0.399. The van der Waals surface area contributed by atoms with Gasteiger partial charge in [0.15, 0.2) is 0 Å². The van der Waals surface area contributed by atoms with E-state index in [4.69, 9.17) is 0 Å². The molecule has 0 amide bonds. The molecule has 0 bridgehead atoms. The van der Waals surface area contributed by atoms with Crippen LogP contribution in [0.4, 0.5) is 0 Å². The van der Waals surface area contributed by atoms with Crippen molar-refractivity contribution in [1.29, 1.82) is 0 Å². The normalized spacial score (nSPS) is 24.2. The smallest absolute Gasteiger partial charge is 0.0179 e. The molecule has 1 radical (unpaired) electrons. The topological polar surface area (TPSA) is 9.72 Å². The van der Waals surface area contributed by atoms with Gasteiger partial charge in [-0.2, -0.15) is 5.12 Å². The predicted molar refractivity (Wildman–Crippen MR) is 51.5 cm³/mol. The van der Waals surface area contributed by atoms with Gasteiger partial charge in [-0.1, -0.05) is 12.8 Å². The zero-order valence-electron chi connectivity index (χ0n) is 8.96. The maximum absolute atomic E-state index is 2.28. The van der Waals surface area contributed by atoms with E-state index in [2.05, 4.69) is 36.3 Å². The third kappa shape index (κ3) is 4.43. The monoisotopic (exact) mass is 226 g/mol. The summed E-state index contributed by atoms with van der Waals surface area (Å²) in [5, 5.41) is 6.78. The van der Waals surface area contributed by atoms with Gasteiger partial charge >= 0.3 is 0 Å². The Morgan fingerprint density at radius 2 is 1.08 bits per heavy atom. The molecule has 0 spiro atoms. The van der Waals surface area contributed by atoms with Crippen molar-refractivity contribution in [3.8, 4) is 0 Å². The molecule has 79 valence electrons. The van der Waals surface area contributed by atoms with Crippen molar-refractivity contribution >= 4 is 0 Å². The fourth-order valence-corrected chi connectivity index (χ4v) is 1.58. The fraction of sp³-hybridized carbons (Fsp3) is 1.00. The molecule has 0 saturated carbocycles. The second-order valence-corrected chi connectivity index (χ2v) is 3.67. The standard InChI is InChI=1S/C9H21N3.Mn/c1-10-8-6-4-5-7-9-11(2)12(10)3;/h4-9H2,1-3H3;. The first-order valence-corrected chi connectivity index (χ1v) is 4.87. The van der Waals surface area contributed by atoms with Gasteiger partial charge in [0, 0.05) is 51.3 Å². The molecule has 3 nitrogen and oxygen atoms in total. The van der Waals surface area contributed by atoms with Gasteiger partial charge in [0.25, 0.3) is 0 Å². The number of rotatable bonds is 0. The van der Waals surface area contributed by atoms with Crippen LogP contribution in [0.5, 0.6) is 0 Å². The maximum atomic E-state index is 2.28. The van der Waals surface area contributed by atoms with Gasteiger partial charge in [-0.05, 0) is 12.8 Å². The third-order valence-electron chi connectivity index (χ3n) is 2.70. The molecule has 13 heavy (non-hydrogen) atoms. The zero-order chi connectivity index (χ0) is 8.97. The Morgan fingerprint density at radius 1 is 0.692 bits per heavy atom. The molecule has 0 aromatic heterocycles. The molecular weight excluding hydrogens is 205 g/mol. The van der Waals surface area contributed by atoms with Crippen LogP contribution >= 0.6 is 0 Å². The first-order chi connectivity index (χ1) is 5.72. The van der Waals surface area contributed by atoms with Crippen molar-refractivity contribution in [3.05, 3.63) is 0 Å². The fourth-order valence-electron chi connectivity index (χ4n) is 1.58. The van der Waals surface area contributed by atoms with E-state index in [0.717, 1.165) is 0 Å². The first kappa shape index (κ1) is 13.4. The summed E-state index contributed by atoms with van der Waals surface area (Å²) < 4.78 is 0. The molecule has 0 atom stereocenters. The summed E-state index contributed by atoms with van der Waals surface area (Å²) >= 11 is 0. The van der Waals surface area contributed by atoms with Crippen LogP contribution < -0.4 is 0 Å². The Balaban J connectivity index is 0.00000144. The Labute approximate surface area is 92.5 Å². The molecule has 1 aliphatic heterocycles. The average molecular weight is 226 g/mol. The van der Waals surface area contributed by atoms with E-state index in [9.17, 15) is 0 Å². The van der Waals surface area contributed by atoms with Crippen molar-refractivity contribution in [2.75, 3.05) is 34.2 Å². The van der Waals surface area contributed by atoms with Crippen LogP contribution in [0, 0.1) is 0 Å².